The molecule has 58 heavy (non-hydrogen) atoms. The van der Waals surface area contributed by atoms with Gasteiger partial charge < -0.3 is 10.6 Å². The zero-order valence-electron chi connectivity index (χ0n) is 34.9. The fraction of sp³-hybridized carbons (Fsp3) is 0.218. The molecule has 3 nitrogen and oxygen atoms in total. The molecule has 0 aromatic heterocycles. The second-order valence-electron chi connectivity index (χ2n) is 18.1. The van der Waals surface area contributed by atoms with Gasteiger partial charge >= 0.3 is 0 Å². The molecule has 0 amide bonds. The molecule has 0 bridgehead atoms. The van der Waals surface area contributed by atoms with Gasteiger partial charge in [0.1, 0.15) is 0 Å². The Morgan fingerprint density at radius 1 is 0.517 bits per heavy atom. The van der Waals surface area contributed by atoms with Crippen LogP contribution in [-0.2, 0) is 23.9 Å². The van der Waals surface area contributed by atoms with Gasteiger partial charge in [-0.25, -0.2) is 4.99 Å². The standard InChI is InChI=1S/C55H53N3/c1-35(43-22-14-18-36-15-8-11-19-44(36)43)58-53-56-33-49-47(37-23-27-41(28-24-37)54(2,3)4)31-39-16-9-12-20-45(39)51(49)52-46-21-13-10-17-40(46)32-48(50(52)34-57-53)38-25-29-42(30-26-38)55(5,6)7/h8-32,35H,33-34H2,1-7H3,(H2,56,57,58)/t35-/m0/s1. The normalized spacial score (nSPS) is 13.8. The van der Waals surface area contributed by atoms with Crippen LogP contribution in [0.15, 0.2) is 157 Å². The molecular weight excluding hydrogens is 703 g/mol. The number of nitrogens with zero attached hydrogens (tertiary/aromatic N) is 1. The number of hydrogen-bond donors (Lipinski definition) is 2. The monoisotopic (exact) mass is 755 g/mol. The van der Waals surface area contributed by atoms with Gasteiger partial charge in [-0.2, -0.15) is 0 Å². The van der Waals surface area contributed by atoms with Crippen molar-refractivity contribution in [3.05, 3.63) is 179 Å². The van der Waals surface area contributed by atoms with E-state index >= 15 is 0 Å². The topological polar surface area (TPSA) is 36.4 Å². The van der Waals surface area contributed by atoms with Crippen LogP contribution in [0.4, 0.5) is 0 Å². The van der Waals surface area contributed by atoms with E-state index in [0.29, 0.717) is 13.1 Å². The molecule has 1 atom stereocenters. The summed E-state index contributed by atoms with van der Waals surface area (Å²) in [6.45, 7) is 17.0. The summed E-state index contributed by atoms with van der Waals surface area (Å²) in [5.74, 6) is 0.795. The molecule has 1 aliphatic heterocycles. The Kier molecular flexibility index (Phi) is 9.43. The van der Waals surface area contributed by atoms with E-state index in [1.165, 1.54) is 93.5 Å². The molecule has 0 saturated carbocycles. The Labute approximate surface area is 343 Å². The Morgan fingerprint density at radius 3 is 1.53 bits per heavy atom. The molecule has 2 N–H and O–H groups in total. The molecule has 288 valence electrons. The van der Waals surface area contributed by atoms with Crippen LogP contribution in [0, 0.1) is 0 Å². The Bertz CT molecular complexity index is 2840. The highest BCUT2D eigenvalue weighted by molar-refractivity contribution is 6.12. The van der Waals surface area contributed by atoms with Crippen LogP contribution < -0.4 is 10.6 Å². The zero-order chi connectivity index (χ0) is 40.2. The van der Waals surface area contributed by atoms with Crippen LogP contribution >= 0.6 is 0 Å². The van der Waals surface area contributed by atoms with E-state index < -0.39 is 0 Å². The Balaban J connectivity index is 1.31. The van der Waals surface area contributed by atoms with Crippen LogP contribution in [0.3, 0.4) is 0 Å². The van der Waals surface area contributed by atoms with E-state index in [9.17, 15) is 0 Å². The predicted octanol–water partition coefficient (Wildman–Crippen LogP) is 14.1. The van der Waals surface area contributed by atoms with Crippen molar-refractivity contribution in [2.75, 3.05) is 0 Å². The van der Waals surface area contributed by atoms with Crippen molar-refractivity contribution in [3.63, 3.8) is 0 Å². The Hall–Kier alpha value is -6.19. The highest BCUT2D eigenvalue weighted by atomic mass is 15.2. The van der Waals surface area contributed by atoms with E-state index in [1.54, 1.807) is 0 Å². The molecule has 8 aromatic carbocycles. The highest BCUT2D eigenvalue weighted by Crippen LogP contribution is 2.47. The van der Waals surface area contributed by atoms with Crippen molar-refractivity contribution < 1.29 is 0 Å². The van der Waals surface area contributed by atoms with Gasteiger partial charge in [-0.3, -0.25) is 0 Å². The van der Waals surface area contributed by atoms with Gasteiger partial charge in [0, 0.05) is 6.54 Å². The number of rotatable bonds is 4. The second kappa shape index (κ2) is 14.6. The van der Waals surface area contributed by atoms with Crippen LogP contribution in [0.2, 0.25) is 0 Å². The predicted molar refractivity (Wildman–Crippen MR) is 249 cm³/mol. The second-order valence-corrected chi connectivity index (χ2v) is 18.1. The molecule has 0 saturated heterocycles. The summed E-state index contributed by atoms with van der Waals surface area (Å²) in [6, 6.07) is 56.4. The fourth-order valence-electron chi connectivity index (χ4n) is 8.91. The molecule has 0 radical (unpaired) electrons. The highest BCUT2D eigenvalue weighted by Gasteiger charge is 2.26. The molecule has 0 aliphatic carbocycles. The molecule has 1 aliphatic rings. The zero-order valence-corrected chi connectivity index (χ0v) is 34.9. The number of aliphatic imine (C=N–C) groups is 1. The van der Waals surface area contributed by atoms with Gasteiger partial charge in [0.25, 0.3) is 0 Å². The van der Waals surface area contributed by atoms with Crippen LogP contribution in [0.1, 0.15) is 82.3 Å². The van der Waals surface area contributed by atoms with Crippen molar-refractivity contribution in [1.82, 2.24) is 10.6 Å². The van der Waals surface area contributed by atoms with E-state index in [-0.39, 0.29) is 16.9 Å². The summed E-state index contributed by atoms with van der Waals surface area (Å²) in [4.78, 5) is 5.48. The van der Waals surface area contributed by atoms with Crippen molar-refractivity contribution in [2.24, 2.45) is 4.99 Å². The van der Waals surface area contributed by atoms with Crippen molar-refractivity contribution >= 4 is 38.3 Å². The van der Waals surface area contributed by atoms with Crippen LogP contribution in [-0.4, -0.2) is 5.96 Å². The van der Waals surface area contributed by atoms with Crippen LogP contribution in [0.25, 0.3) is 65.7 Å². The van der Waals surface area contributed by atoms with E-state index in [4.69, 9.17) is 4.99 Å². The van der Waals surface area contributed by atoms with E-state index in [0.717, 1.165) is 5.96 Å². The van der Waals surface area contributed by atoms with Crippen molar-refractivity contribution in [2.45, 2.75) is 78.4 Å². The quantitative estimate of drug-likeness (QED) is 0.188. The lowest BCUT2D eigenvalue weighted by Gasteiger charge is -2.24. The molecule has 3 heteroatoms. The summed E-state index contributed by atoms with van der Waals surface area (Å²) < 4.78 is 0. The first kappa shape index (κ1) is 37.4. The number of hydrogen-bond acceptors (Lipinski definition) is 3. The molecule has 0 unspecified atom stereocenters. The molecular formula is C55H53N3. The first-order chi connectivity index (χ1) is 27.9. The smallest absolute Gasteiger partial charge is 0.192 e. The van der Waals surface area contributed by atoms with Gasteiger partial charge in [-0.1, -0.05) is 181 Å². The number of nitrogens with one attached hydrogen (secondary N) is 2. The number of benzene rings is 8. The largest absolute Gasteiger partial charge is 0.352 e. The van der Waals surface area contributed by atoms with E-state index in [2.05, 4.69) is 211 Å². The van der Waals surface area contributed by atoms with Crippen molar-refractivity contribution in [3.8, 4) is 33.4 Å². The van der Waals surface area contributed by atoms with Gasteiger partial charge in [-0.05, 0) is 123 Å². The number of guanidine groups is 1. The number of fused-ring (bicyclic) bond motifs is 8. The average molecular weight is 756 g/mol. The van der Waals surface area contributed by atoms with E-state index in [1.807, 2.05) is 0 Å². The molecule has 9 rings (SSSR count). The van der Waals surface area contributed by atoms with Gasteiger partial charge in [0.15, 0.2) is 5.96 Å². The van der Waals surface area contributed by atoms with Crippen LogP contribution in [0.5, 0.6) is 0 Å². The lowest BCUT2D eigenvalue weighted by molar-refractivity contribution is 0.590. The molecule has 1 heterocycles. The minimum absolute atomic E-state index is 0.0130. The third-order valence-electron chi connectivity index (χ3n) is 12.2. The molecule has 0 spiro atoms. The lowest BCUT2D eigenvalue weighted by atomic mass is 9.80. The maximum absolute atomic E-state index is 5.48. The maximum Gasteiger partial charge on any atom is 0.192 e. The van der Waals surface area contributed by atoms with Crippen molar-refractivity contribution in [1.29, 1.82) is 0 Å². The minimum atomic E-state index is 0.0130. The summed E-state index contributed by atoms with van der Waals surface area (Å²) in [5.41, 5.74) is 13.9. The van der Waals surface area contributed by atoms with Gasteiger partial charge in [0.05, 0.1) is 12.6 Å². The SMILES string of the molecule is C[C@H](NC1=NCc2c(-c3ccc(C(C)(C)C)cc3)cc3ccccc3c2-c2c(c(-c3ccc(C(C)(C)C)cc3)cc3ccccc23)CN1)c1cccc2ccccc12. The average Bonchev–Trinajstić information content (AvgIpc) is 3.30. The summed E-state index contributed by atoms with van der Waals surface area (Å²) in [5, 5.41) is 15.2. The summed E-state index contributed by atoms with van der Waals surface area (Å²) >= 11 is 0. The fourth-order valence-corrected chi connectivity index (χ4v) is 8.91. The summed E-state index contributed by atoms with van der Waals surface area (Å²) in [6.07, 6.45) is 0. The van der Waals surface area contributed by atoms with Gasteiger partial charge in [0.2, 0.25) is 0 Å². The van der Waals surface area contributed by atoms with Gasteiger partial charge in [-0.15, -0.1) is 0 Å². The third kappa shape index (κ3) is 6.94. The molecule has 8 aromatic rings. The minimum Gasteiger partial charge on any atom is -0.352 e. The lowest BCUT2D eigenvalue weighted by Crippen LogP contribution is -2.38. The first-order valence-corrected chi connectivity index (χ1v) is 20.8. The first-order valence-electron chi connectivity index (χ1n) is 20.8. The third-order valence-corrected chi connectivity index (χ3v) is 12.2. The maximum atomic E-state index is 5.48. The molecule has 0 fully saturated rings. The summed E-state index contributed by atoms with van der Waals surface area (Å²) in [7, 11) is 0. The Morgan fingerprint density at radius 2 is 0.983 bits per heavy atom.